The first kappa shape index (κ1) is 11.9. The quantitative estimate of drug-likeness (QED) is 0.601. The highest BCUT2D eigenvalue weighted by molar-refractivity contribution is 7.99. The number of nitrogens with zero attached hydrogens (tertiary/aromatic N) is 1. The van der Waals surface area contributed by atoms with E-state index in [9.17, 15) is 17.6 Å². The number of halogens is 4. The Hall–Kier alpha value is -1.56. The largest absolute Gasteiger partial charge is 0.250 e. The lowest BCUT2D eigenvalue weighted by molar-refractivity contribution is 0.448. The second-order valence-corrected chi connectivity index (χ2v) is 4.17. The van der Waals surface area contributed by atoms with Gasteiger partial charge in [0, 0.05) is 11.0 Å². The summed E-state index contributed by atoms with van der Waals surface area (Å²) in [6.45, 7) is 0. The molecule has 6 heteroatoms. The Morgan fingerprint density at radius 2 is 1.53 bits per heavy atom. The topological polar surface area (TPSA) is 12.9 Å². The fraction of sp³-hybridized carbons (Fsp3) is 0. The molecule has 0 N–H and O–H groups in total. The second kappa shape index (κ2) is 4.75. The summed E-state index contributed by atoms with van der Waals surface area (Å²) in [6.07, 6.45) is 0. The second-order valence-electron chi connectivity index (χ2n) is 3.10. The molecule has 0 spiro atoms. The Morgan fingerprint density at radius 1 is 0.882 bits per heavy atom. The molecule has 0 unspecified atom stereocenters. The summed E-state index contributed by atoms with van der Waals surface area (Å²) in [5.41, 5.74) is 0. The van der Waals surface area contributed by atoms with Gasteiger partial charge in [0.1, 0.15) is 10.8 Å². The molecular weight excluding hydrogens is 254 g/mol. The molecule has 88 valence electrons. The van der Waals surface area contributed by atoms with Gasteiger partial charge in [0.05, 0.1) is 0 Å². The van der Waals surface area contributed by atoms with Crippen LogP contribution in [0, 0.1) is 23.4 Å². The van der Waals surface area contributed by atoms with Crippen LogP contribution in [0.1, 0.15) is 0 Å². The molecule has 0 atom stereocenters. The Bertz CT molecular complexity index is 542. The first-order valence-corrected chi connectivity index (χ1v) is 5.33. The Kier molecular flexibility index (Phi) is 3.33. The predicted molar refractivity (Wildman–Crippen MR) is 54.6 cm³/mol. The van der Waals surface area contributed by atoms with Crippen LogP contribution in [0.5, 0.6) is 0 Å². The van der Waals surface area contributed by atoms with Crippen molar-refractivity contribution in [2.75, 3.05) is 0 Å². The average molecular weight is 259 g/mol. The van der Waals surface area contributed by atoms with E-state index in [1.54, 1.807) is 0 Å². The minimum atomic E-state index is -1.36. The van der Waals surface area contributed by atoms with Crippen molar-refractivity contribution >= 4 is 11.8 Å². The summed E-state index contributed by atoms with van der Waals surface area (Å²) in [5, 5.41) is -0.296. The van der Waals surface area contributed by atoms with Crippen molar-refractivity contribution in [1.82, 2.24) is 4.98 Å². The fourth-order valence-corrected chi connectivity index (χ4v) is 1.89. The van der Waals surface area contributed by atoms with Gasteiger partial charge in [-0.15, -0.1) is 0 Å². The third-order valence-corrected chi connectivity index (χ3v) is 2.87. The van der Waals surface area contributed by atoms with Crippen LogP contribution in [0.4, 0.5) is 17.6 Å². The summed E-state index contributed by atoms with van der Waals surface area (Å²) < 4.78 is 51.3. The maximum absolute atomic E-state index is 13.2. The molecule has 0 bridgehead atoms. The van der Waals surface area contributed by atoms with Gasteiger partial charge in [-0.3, -0.25) is 0 Å². The van der Waals surface area contributed by atoms with Gasteiger partial charge in [0.15, 0.2) is 11.6 Å². The molecule has 0 aliphatic heterocycles. The molecule has 0 aliphatic rings. The van der Waals surface area contributed by atoms with Gasteiger partial charge in [-0.2, -0.15) is 4.39 Å². The monoisotopic (exact) mass is 259 g/mol. The molecule has 0 radical (unpaired) electrons. The van der Waals surface area contributed by atoms with Crippen molar-refractivity contribution in [2.24, 2.45) is 0 Å². The molecule has 1 nitrogen and oxygen atoms in total. The first-order valence-electron chi connectivity index (χ1n) is 4.51. The van der Waals surface area contributed by atoms with Crippen molar-refractivity contribution < 1.29 is 17.6 Å². The van der Waals surface area contributed by atoms with E-state index in [2.05, 4.69) is 4.98 Å². The summed E-state index contributed by atoms with van der Waals surface area (Å²) in [6, 6.07) is 5.57. The van der Waals surface area contributed by atoms with Crippen molar-refractivity contribution in [3.05, 3.63) is 53.7 Å². The number of benzene rings is 1. The molecular formula is C11H5F4NS. The maximum atomic E-state index is 13.2. The van der Waals surface area contributed by atoms with Crippen LogP contribution in [0.25, 0.3) is 0 Å². The number of hydrogen-bond acceptors (Lipinski definition) is 2. The van der Waals surface area contributed by atoms with E-state index >= 15 is 0 Å². The highest BCUT2D eigenvalue weighted by Crippen LogP contribution is 2.28. The van der Waals surface area contributed by atoms with Crippen LogP contribution in [-0.2, 0) is 0 Å². The Balaban J connectivity index is 2.30. The highest BCUT2D eigenvalue weighted by Gasteiger charge is 2.12. The van der Waals surface area contributed by atoms with Crippen LogP contribution < -0.4 is 0 Å². The molecule has 1 heterocycles. The predicted octanol–water partition coefficient (Wildman–Crippen LogP) is 3.79. The fourth-order valence-electron chi connectivity index (χ4n) is 1.11. The smallest absolute Gasteiger partial charge is 0.207 e. The van der Waals surface area contributed by atoms with Crippen molar-refractivity contribution in [3.8, 4) is 0 Å². The van der Waals surface area contributed by atoms with Gasteiger partial charge in [-0.1, -0.05) is 11.8 Å². The van der Waals surface area contributed by atoms with Gasteiger partial charge in [-0.25, -0.2) is 18.2 Å². The molecule has 0 fully saturated rings. The van der Waals surface area contributed by atoms with Crippen LogP contribution in [0.2, 0.25) is 0 Å². The van der Waals surface area contributed by atoms with Gasteiger partial charge < -0.3 is 0 Å². The lowest BCUT2D eigenvalue weighted by Gasteiger charge is -2.02. The zero-order chi connectivity index (χ0) is 12.4. The zero-order valence-electron chi connectivity index (χ0n) is 8.25. The maximum Gasteiger partial charge on any atom is 0.250 e. The van der Waals surface area contributed by atoms with Gasteiger partial charge in [0.25, 0.3) is 0 Å². The lowest BCUT2D eigenvalue weighted by Crippen LogP contribution is -1.95. The summed E-state index contributed by atoms with van der Waals surface area (Å²) in [7, 11) is 0. The van der Waals surface area contributed by atoms with E-state index < -0.39 is 23.4 Å². The number of hydrogen-bond donors (Lipinski definition) is 0. The van der Waals surface area contributed by atoms with E-state index in [0.29, 0.717) is 11.0 Å². The average Bonchev–Trinajstić information content (AvgIpc) is 2.29. The molecule has 0 saturated carbocycles. The third kappa shape index (κ3) is 2.76. The molecule has 0 saturated heterocycles. The van der Waals surface area contributed by atoms with Crippen molar-refractivity contribution in [2.45, 2.75) is 9.92 Å². The summed E-state index contributed by atoms with van der Waals surface area (Å²) in [5.74, 6) is -4.10. The molecule has 0 aliphatic carbocycles. The van der Waals surface area contributed by atoms with E-state index in [-0.39, 0.29) is 5.03 Å². The number of aromatic nitrogens is 1. The standard InChI is InChI=1S/C11H5F4NS/c12-6-1-3-7(4-2-6)17-11-9(14)5-8(13)10(15)16-11/h1-5H. The van der Waals surface area contributed by atoms with E-state index in [4.69, 9.17) is 0 Å². The van der Waals surface area contributed by atoms with Crippen LogP contribution >= 0.6 is 11.8 Å². The van der Waals surface area contributed by atoms with Crippen molar-refractivity contribution in [3.63, 3.8) is 0 Å². The molecule has 0 amide bonds. The van der Waals surface area contributed by atoms with Crippen LogP contribution in [-0.4, -0.2) is 4.98 Å². The van der Waals surface area contributed by atoms with E-state index in [1.165, 1.54) is 24.3 Å². The van der Waals surface area contributed by atoms with Gasteiger partial charge in [0.2, 0.25) is 5.95 Å². The normalized spacial score (nSPS) is 10.6. The van der Waals surface area contributed by atoms with Crippen LogP contribution in [0.15, 0.2) is 40.3 Å². The zero-order valence-corrected chi connectivity index (χ0v) is 9.07. The Labute approximate surface area is 98.5 Å². The Morgan fingerprint density at radius 3 is 2.18 bits per heavy atom. The SMILES string of the molecule is Fc1ccc(Sc2nc(F)c(F)cc2F)cc1. The van der Waals surface area contributed by atoms with E-state index in [1.807, 2.05) is 0 Å². The summed E-state index contributed by atoms with van der Waals surface area (Å²) >= 11 is 0.786. The highest BCUT2D eigenvalue weighted by atomic mass is 32.2. The van der Waals surface area contributed by atoms with Gasteiger partial charge in [-0.05, 0) is 24.3 Å². The van der Waals surface area contributed by atoms with Crippen molar-refractivity contribution in [1.29, 1.82) is 0 Å². The molecule has 2 rings (SSSR count). The summed E-state index contributed by atoms with van der Waals surface area (Å²) in [4.78, 5) is 3.62. The molecule has 17 heavy (non-hydrogen) atoms. The first-order chi connectivity index (χ1) is 8.06. The third-order valence-electron chi connectivity index (χ3n) is 1.88. The molecule has 2 aromatic rings. The van der Waals surface area contributed by atoms with Crippen LogP contribution in [0.3, 0.4) is 0 Å². The lowest BCUT2D eigenvalue weighted by atomic mass is 10.4. The minimum absolute atomic E-state index is 0.296. The molecule has 1 aromatic heterocycles. The molecule has 1 aromatic carbocycles. The minimum Gasteiger partial charge on any atom is -0.207 e. The number of pyridine rings is 1. The van der Waals surface area contributed by atoms with Gasteiger partial charge >= 0.3 is 0 Å². The number of rotatable bonds is 2. The van der Waals surface area contributed by atoms with E-state index in [0.717, 1.165) is 11.8 Å².